The molecule has 0 aliphatic heterocycles. The third-order valence-electron chi connectivity index (χ3n) is 3.04. The molecule has 106 valence electrons. The molecule has 1 N–H and O–H groups in total. The normalized spacial score (nSPS) is 10.6. The standard InChI is InChI=1S/C16H17BrFNO/c1-19-9-8-12-4-2-3-5-13(12)11-20-16-7-6-14(17)10-15(16)18/h2-7,10,19H,8-9,11H2,1H3. The Morgan fingerprint density at radius 1 is 1.15 bits per heavy atom. The molecule has 0 aliphatic carbocycles. The molecule has 0 fully saturated rings. The SMILES string of the molecule is CNCCc1ccccc1COc1ccc(Br)cc1F. The van der Waals surface area contributed by atoms with Crippen LogP contribution in [0.5, 0.6) is 5.75 Å². The molecule has 2 aromatic rings. The van der Waals surface area contributed by atoms with Crippen molar-refractivity contribution in [2.75, 3.05) is 13.6 Å². The summed E-state index contributed by atoms with van der Waals surface area (Å²) in [6.07, 6.45) is 0.929. The lowest BCUT2D eigenvalue weighted by Gasteiger charge is -2.11. The Morgan fingerprint density at radius 2 is 1.90 bits per heavy atom. The zero-order valence-electron chi connectivity index (χ0n) is 11.3. The first-order chi connectivity index (χ1) is 9.70. The second-order valence-electron chi connectivity index (χ2n) is 4.49. The van der Waals surface area contributed by atoms with Gasteiger partial charge in [-0.25, -0.2) is 4.39 Å². The summed E-state index contributed by atoms with van der Waals surface area (Å²) >= 11 is 3.23. The lowest BCUT2D eigenvalue weighted by molar-refractivity contribution is 0.289. The highest BCUT2D eigenvalue weighted by molar-refractivity contribution is 9.10. The minimum Gasteiger partial charge on any atom is -0.486 e. The maximum atomic E-state index is 13.7. The number of likely N-dealkylation sites (N-methyl/N-ethyl adjacent to an activating group) is 1. The van der Waals surface area contributed by atoms with Crippen molar-refractivity contribution in [3.05, 3.63) is 63.9 Å². The Bertz CT molecular complexity index is 574. The number of benzene rings is 2. The van der Waals surface area contributed by atoms with Gasteiger partial charge in [-0.15, -0.1) is 0 Å². The van der Waals surface area contributed by atoms with Gasteiger partial charge >= 0.3 is 0 Å². The van der Waals surface area contributed by atoms with Crippen LogP contribution in [0.1, 0.15) is 11.1 Å². The highest BCUT2D eigenvalue weighted by Gasteiger charge is 2.06. The summed E-state index contributed by atoms with van der Waals surface area (Å²) in [7, 11) is 1.93. The van der Waals surface area contributed by atoms with E-state index in [9.17, 15) is 4.39 Å². The topological polar surface area (TPSA) is 21.3 Å². The molecule has 0 atom stereocenters. The zero-order valence-corrected chi connectivity index (χ0v) is 12.9. The van der Waals surface area contributed by atoms with Gasteiger partial charge < -0.3 is 10.1 Å². The molecule has 0 radical (unpaired) electrons. The molecule has 0 aromatic heterocycles. The van der Waals surface area contributed by atoms with Gasteiger partial charge in [-0.05, 0) is 49.3 Å². The molecule has 0 unspecified atom stereocenters. The van der Waals surface area contributed by atoms with Gasteiger partial charge in [0.2, 0.25) is 0 Å². The van der Waals surface area contributed by atoms with Gasteiger partial charge in [-0.3, -0.25) is 0 Å². The summed E-state index contributed by atoms with van der Waals surface area (Å²) in [5.74, 6) is -0.0799. The Kier molecular flexibility index (Phi) is 5.56. The molecule has 20 heavy (non-hydrogen) atoms. The summed E-state index contributed by atoms with van der Waals surface area (Å²) in [6, 6.07) is 12.9. The third-order valence-corrected chi connectivity index (χ3v) is 3.53. The monoisotopic (exact) mass is 337 g/mol. The van der Waals surface area contributed by atoms with Gasteiger partial charge in [0.25, 0.3) is 0 Å². The predicted molar refractivity (Wildman–Crippen MR) is 82.5 cm³/mol. The van der Waals surface area contributed by atoms with Crippen LogP contribution < -0.4 is 10.1 Å². The van der Waals surface area contributed by atoms with E-state index in [0.717, 1.165) is 18.5 Å². The molecule has 0 heterocycles. The highest BCUT2D eigenvalue weighted by atomic mass is 79.9. The van der Waals surface area contributed by atoms with Gasteiger partial charge in [-0.2, -0.15) is 0 Å². The first kappa shape index (κ1) is 15.0. The van der Waals surface area contributed by atoms with E-state index in [1.807, 2.05) is 25.2 Å². The lowest BCUT2D eigenvalue weighted by Crippen LogP contribution is -2.12. The minimum absolute atomic E-state index is 0.275. The Hall–Kier alpha value is -1.39. The van der Waals surface area contributed by atoms with Gasteiger partial charge in [0.1, 0.15) is 6.61 Å². The van der Waals surface area contributed by atoms with Crippen molar-refractivity contribution in [3.8, 4) is 5.75 Å². The van der Waals surface area contributed by atoms with Crippen LogP contribution in [0.2, 0.25) is 0 Å². The number of rotatable bonds is 6. The summed E-state index contributed by atoms with van der Waals surface area (Å²) in [5, 5.41) is 3.13. The van der Waals surface area contributed by atoms with Crippen LogP contribution >= 0.6 is 15.9 Å². The van der Waals surface area contributed by atoms with Crippen LogP contribution in [-0.2, 0) is 13.0 Å². The minimum atomic E-state index is -0.355. The number of nitrogens with one attached hydrogen (secondary N) is 1. The fraction of sp³-hybridized carbons (Fsp3) is 0.250. The molecular formula is C16H17BrFNO. The van der Waals surface area contributed by atoms with E-state index in [-0.39, 0.29) is 11.6 Å². The van der Waals surface area contributed by atoms with E-state index < -0.39 is 0 Å². The first-order valence-electron chi connectivity index (χ1n) is 6.50. The van der Waals surface area contributed by atoms with Crippen LogP contribution in [0.4, 0.5) is 4.39 Å². The molecule has 0 saturated carbocycles. The zero-order chi connectivity index (χ0) is 14.4. The summed E-state index contributed by atoms with van der Waals surface area (Å²) in [5.41, 5.74) is 2.31. The number of hydrogen-bond acceptors (Lipinski definition) is 2. The van der Waals surface area contributed by atoms with E-state index in [0.29, 0.717) is 11.1 Å². The Labute approximate surface area is 127 Å². The van der Waals surface area contributed by atoms with Crippen LogP contribution in [0, 0.1) is 5.82 Å². The number of hydrogen-bond donors (Lipinski definition) is 1. The van der Waals surface area contributed by atoms with Gasteiger partial charge in [0, 0.05) is 4.47 Å². The summed E-state index contributed by atoms with van der Waals surface area (Å²) in [6.45, 7) is 1.28. The fourth-order valence-corrected chi connectivity index (χ4v) is 2.28. The van der Waals surface area contributed by atoms with Crippen molar-refractivity contribution in [2.45, 2.75) is 13.0 Å². The van der Waals surface area contributed by atoms with E-state index in [2.05, 4.69) is 27.3 Å². The molecule has 2 rings (SSSR count). The summed E-state index contributed by atoms with van der Waals surface area (Å²) in [4.78, 5) is 0. The van der Waals surface area contributed by atoms with Crippen molar-refractivity contribution >= 4 is 15.9 Å². The average molecular weight is 338 g/mol. The number of halogens is 2. The smallest absolute Gasteiger partial charge is 0.166 e. The predicted octanol–water partition coefficient (Wildman–Crippen LogP) is 3.93. The van der Waals surface area contributed by atoms with Crippen LogP contribution in [0.25, 0.3) is 0 Å². The molecule has 4 heteroatoms. The van der Waals surface area contributed by atoms with Crippen molar-refractivity contribution in [2.24, 2.45) is 0 Å². The average Bonchev–Trinajstić information content (AvgIpc) is 2.45. The molecule has 2 aromatic carbocycles. The number of ether oxygens (including phenoxy) is 1. The Balaban J connectivity index is 2.06. The highest BCUT2D eigenvalue weighted by Crippen LogP contribution is 2.23. The molecule has 2 nitrogen and oxygen atoms in total. The molecule has 0 bridgehead atoms. The quantitative estimate of drug-likeness (QED) is 0.862. The van der Waals surface area contributed by atoms with Gasteiger partial charge in [-0.1, -0.05) is 40.2 Å². The fourth-order valence-electron chi connectivity index (χ4n) is 1.95. The second kappa shape index (κ2) is 7.41. The van der Waals surface area contributed by atoms with E-state index in [4.69, 9.17) is 4.74 Å². The van der Waals surface area contributed by atoms with E-state index in [1.54, 1.807) is 12.1 Å². The van der Waals surface area contributed by atoms with Crippen molar-refractivity contribution in [1.82, 2.24) is 5.32 Å². The molecule has 0 aliphatic rings. The van der Waals surface area contributed by atoms with Crippen molar-refractivity contribution < 1.29 is 9.13 Å². The van der Waals surface area contributed by atoms with Crippen LogP contribution in [-0.4, -0.2) is 13.6 Å². The first-order valence-corrected chi connectivity index (χ1v) is 7.29. The Morgan fingerprint density at radius 3 is 2.60 bits per heavy atom. The van der Waals surface area contributed by atoms with Gasteiger partial charge in [0.15, 0.2) is 11.6 Å². The van der Waals surface area contributed by atoms with E-state index >= 15 is 0 Å². The maximum Gasteiger partial charge on any atom is 0.166 e. The largest absolute Gasteiger partial charge is 0.486 e. The van der Waals surface area contributed by atoms with E-state index in [1.165, 1.54) is 11.6 Å². The molecule has 0 spiro atoms. The van der Waals surface area contributed by atoms with Crippen molar-refractivity contribution in [1.29, 1.82) is 0 Å². The van der Waals surface area contributed by atoms with Crippen molar-refractivity contribution in [3.63, 3.8) is 0 Å². The molecule has 0 amide bonds. The van der Waals surface area contributed by atoms with Crippen LogP contribution in [0.15, 0.2) is 46.9 Å². The molecule has 0 saturated heterocycles. The van der Waals surface area contributed by atoms with Crippen LogP contribution in [0.3, 0.4) is 0 Å². The second-order valence-corrected chi connectivity index (χ2v) is 5.40. The van der Waals surface area contributed by atoms with Gasteiger partial charge in [0.05, 0.1) is 0 Å². The lowest BCUT2D eigenvalue weighted by atomic mass is 10.1. The summed E-state index contributed by atoms with van der Waals surface area (Å²) < 4.78 is 20.0. The molecular weight excluding hydrogens is 321 g/mol. The third kappa shape index (κ3) is 4.05. The maximum absolute atomic E-state index is 13.7.